The number of nitrogens with two attached hydrogens (primary N) is 1. The van der Waals surface area contributed by atoms with Crippen molar-refractivity contribution in [1.82, 2.24) is 0 Å². The van der Waals surface area contributed by atoms with Crippen molar-refractivity contribution in [2.24, 2.45) is 5.73 Å². The van der Waals surface area contributed by atoms with Crippen LogP contribution in [0.25, 0.3) is 0 Å². The van der Waals surface area contributed by atoms with E-state index in [0.717, 1.165) is 22.6 Å². The van der Waals surface area contributed by atoms with E-state index in [1.165, 1.54) is 6.20 Å². The van der Waals surface area contributed by atoms with Gasteiger partial charge in [0, 0.05) is 33.4 Å². The first kappa shape index (κ1) is 16.4. The second-order valence-corrected chi connectivity index (χ2v) is 5.35. The van der Waals surface area contributed by atoms with E-state index in [0.29, 0.717) is 16.7 Å². The van der Waals surface area contributed by atoms with Gasteiger partial charge in [-0.1, -0.05) is 35.3 Å². The van der Waals surface area contributed by atoms with Crippen LogP contribution in [0, 0.1) is 0 Å². The number of benzene rings is 2. The summed E-state index contributed by atoms with van der Waals surface area (Å²) < 4.78 is 5.80. The molecule has 3 N–H and O–H groups in total. The third kappa shape index (κ3) is 4.03. The highest BCUT2D eigenvalue weighted by molar-refractivity contribution is 6.35. The number of allylic oxidation sites excluding steroid dienone is 1. The molecule has 114 valence electrons. The molecule has 0 aliphatic rings. The van der Waals surface area contributed by atoms with Crippen LogP contribution in [-0.4, -0.2) is 12.8 Å². The van der Waals surface area contributed by atoms with Crippen LogP contribution in [0.5, 0.6) is 5.75 Å². The van der Waals surface area contributed by atoms with Crippen LogP contribution in [0.15, 0.2) is 54.7 Å². The number of ether oxygens (including phenoxy) is 1. The Morgan fingerprint density at radius 3 is 2.50 bits per heavy atom. The van der Waals surface area contributed by atoms with Gasteiger partial charge in [-0.3, -0.25) is 0 Å². The molecule has 2 aromatic rings. The molecule has 5 heteroatoms. The molecule has 2 aromatic carbocycles. The van der Waals surface area contributed by atoms with Crippen LogP contribution < -0.4 is 15.5 Å². The molecule has 0 heterocycles. The van der Waals surface area contributed by atoms with Crippen molar-refractivity contribution < 1.29 is 9.73 Å². The number of hydrogen-bond donors (Lipinski definition) is 2. The van der Waals surface area contributed by atoms with E-state index in [2.05, 4.69) is 4.99 Å². The summed E-state index contributed by atoms with van der Waals surface area (Å²) in [5.41, 5.74) is 8.11. The summed E-state index contributed by atoms with van der Waals surface area (Å²) >= 11 is 12.3. The van der Waals surface area contributed by atoms with Gasteiger partial charge in [-0.2, -0.15) is 0 Å². The minimum Gasteiger partial charge on any atom is -0.489 e. The Balaban J connectivity index is 2.18. The van der Waals surface area contributed by atoms with Crippen LogP contribution >= 0.6 is 23.2 Å². The predicted molar refractivity (Wildman–Crippen MR) is 91.6 cm³/mol. The second-order valence-electron chi connectivity index (χ2n) is 4.54. The molecule has 0 fully saturated rings. The summed E-state index contributed by atoms with van der Waals surface area (Å²) in [6, 6.07) is 13.1. The molecular formula is C17H17Cl2N2O+. The van der Waals surface area contributed by atoms with E-state index in [9.17, 15) is 0 Å². The molecule has 0 aromatic heterocycles. The zero-order valence-electron chi connectivity index (χ0n) is 12.1. The summed E-state index contributed by atoms with van der Waals surface area (Å²) in [5, 5.41) is 1.19. The van der Waals surface area contributed by atoms with Gasteiger partial charge in [0.25, 0.3) is 0 Å². The summed E-state index contributed by atoms with van der Waals surface area (Å²) in [6.45, 7) is 0.309. The molecule has 0 saturated heterocycles. The standard InChI is InChI=1S/C17H16Cl2N2O/c1-21-17(8-9-20)12-4-2-5-13(10-12)22-11-14-15(18)6-3-7-16(14)19/h2-10H,11,20H2,1H3/p+1/b9-8-,21-17?. The highest BCUT2D eigenvalue weighted by Gasteiger charge is 2.09. The van der Waals surface area contributed by atoms with Crippen LogP contribution in [0.4, 0.5) is 0 Å². The van der Waals surface area contributed by atoms with Crippen molar-refractivity contribution >= 4 is 28.9 Å². The van der Waals surface area contributed by atoms with Crippen molar-refractivity contribution in [1.29, 1.82) is 0 Å². The third-order valence-corrected chi connectivity index (χ3v) is 3.83. The average Bonchev–Trinajstić information content (AvgIpc) is 2.52. The molecule has 0 bridgehead atoms. The van der Waals surface area contributed by atoms with Crippen molar-refractivity contribution in [2.45, 2.75) is 6.61 Å². The van der Waals surface area contributed by atoms with Gasteiger partial charge in [0.1, 0.15) is 19.4 Å². The number of nitrogens with one attached hydrogen (secondary N) is 1. The monoisotopic (exact) mass is 335 g/mol. The topological polar surface area (TPSA) is 49.2 Å². The lowest BCUT2D eigenvalue weighted by Crippen LogP contribution is -2.67. The normalized spacial score (nSPS) is 11.9. The van der Waals surface area contributed by atoms with Crippen LogP contribution in [-0.2, 0) is 6.61 Å². The smallest absolute Gasteiger partial charge is 0.206 e. The van der Waals surface area contributed by atoms with Crippen molar-refractivity contribution in [3.63, 3.8) is 0 Å². The summed E-state index contributed by atoms with van der Waals surface area (Å²) in [4.78, 5) is 3.09. The van der Waals surface area contributed by atoms with E-state index in [1.807, 2.05) is 37.4 Å². The number of halogens is 2. The van der Waals surface area contributed by atoms with E-state index in [-0.39, 0.29) is 0 Å². The third-order valence-electron chi connectivity index (χ3n) is 3.12. The zero-order chi connectivity index (χ0) is 15.9. The molecule has 0 saturated carbocycles. The molecule has 0 aliphatic carbocycles. The zero-order valence-corrected chi connectivity index (χ0v) is 13.7. The fourth-order valence-electron chi connectivity index (χ4n) is 2.00. The molecular weight excluding hydrogens is 319 g/mol. The van der Waals surface area contributed by atoms with Crippen LogP contribution in [0.2, 0.25) is 10.0 Å². The van der Waals surface area contributed by atoms with E-state index >= 15 is 0 Å². The molecule has 0 amide bonds. The van der Waals surface area contributed by atoms with Gasteiger partial charge in [0.15, 0.2) is 0 Å². The molecule has 0 atom stereocenters. The van der Waals surface area contributed by atoms with Gasteiger partial charge >= 0.3 is 0 Å². The van der Waals surface area contributed by atoms with E-state index < -0.39 is 0 Å². The van der Waals surface area contributed by atoms with Gasteiger partial charge in [-0.25, -0.2) is 4.99 Å². The largest absolute Gasteiger partial charge is 0.489 e. The Bertz CT molecular complexity index is 691. The Labute approximate surface area is 140 Å². The van der Waals surface area contributed by atoms with Crippen molar-refractivity contribution in [3.8, 4) is 5.75 Å². The lowest BCUT2D eigenvalue weighted by atomic mass is 10.1. The summed E-state index contributed by atoms with van der Waals surface area (Å²) in [5.74, 6) is 0.728. The highest BCUT2D eigenvalue weighted by Crippen LogP contribution is 2.26. The molecule has 0 unspecified atom stereocenters. The van der Waals surface area contributed by atoms with Gasteiger partial charge in [-0.15, -0.1) is 0 Å². The molecule has 3 nitrogen and oxygen atoms in total. The molecule has 0 spiro atoms. The Morgan fingerprint density at radius 2 is 1.86 bits per heavy atom. The number of rotatable bonds is 5. The lowest BCUT2D eigenvalue weighted by molar-refractivity contribution is -0.418. The molecule has 0 aliphatic heterocycles. The maximum atomic E-state index is 6.14. The van der Waals surface area contributed by atoms with Crippen molar-refractivity contribution in [2.75, 3.05) is 7.05 Å². The average molecular weight is 336 g/mol. The summed E-state index contributed by atoms with van der Waals surface area (Å²) in [6.07, 6.45) is 3.28. The quantitative estimate of drug-likeness (QED) is 0.825. The number of hydrogen-bond acceptors (Lipinski definition) is 2. The van der Waals surface area contributed by atoms with Crippen LogP contribution in [0.1, 0.15) is 11.1 Å². The molecule has 22 heavy (non-hydrogen) atoms. The molecule has 0 radical (unpaired) electrons. The van der Waals surface area contributed by atoms with E-state index in [1.54, 1.807) is 18.2 Å². The second kappa shape index (κ2) is 7.87. The minimum atomic E-state index is 0.309. The lowest BCUT2D eigenvalue weighted by Gasteiger charge is -2.10. The molecule has 2 rings (SSSR count). The first-order chi connectivity index (χ1) is 10.7. The Morgan fingerprint density at radius 1 is 1.18 bits per heavy atom. The van der Waals surface area contributed by atoms with Gasteiger partial charge in [0.2, 0.25) is 5.71 Å². The minimum absolute atomic E-state index is 0.309. The van der Waals surface area contributed by atoms with Gasteiger partial charge < -0.3 is 10.5 Å². The van der Waals surface area contributed by atoms with E-state index in [4.69, 9.17) is 33.7 Å². The SMILES string of the molecule is C[NH+]=C(/C=C\N)c1cccc(OCc2c(Cl)cccc2Cl)c1. The van der Waals surface area contributed by atoms with Gasteiger partial charge in [-0.05, 0) is 30.3 Å². The highest BCUT2D eigenvalue weighted by atomic mass is 35.5. The predicted octanol–water partition coefficient (Wildman–Crippen LogP) is 2.54. The van der Waals surface area contributed by atoms with Crippen LogP contribution in [0.3, 0.4) is 0 Å². The fourth-order valence-corrected chi connectivity index (χ4v) is 2.51. The van der Waals surface area contributed by atoms with Crippen molar-refractivity contribution in [3.05, 3.63) is 75.9 Å². The first-order valence-electron chi connectivity index (χ1n) is 6.75. The fraction of sp³-hybridized carbons (Fsp3) is 0.118. The first-order valence-corrected chi connectivity index (χ1v) is 7.50. The maximum Gasteiger partial charge on any atom is 0.206 e. The van der Waals surface area contributed by atoms with Gasteiger partial charge in [0.05, 0.1) is 0 Å². The maximum absolute atomic E-state index is 6.14. The Hall–Kier alpha value is -1.97. The Kier molecular flexibility index (Phi) is 5.87. The summed E-state index contributed by atoms with van der Waals surface area (Å²) in [7, 11) is 1.84.